The third kappa shape index (κ3) is 3.63. The average Bonchev–Trinajstić information content (AvgIpc) is 3.08. The molecule has 0 saturated carbocycles. The van der Waals surface area contributed by atoms with E-state index in [1.165, 1.54) is 0 Å². The molecule has 1 amide bonds. The largest absolute Gasteiger partial charge is 0.480 e. The number of aromatic nitrogens is 1. The summed E-state index contributed by atoms with van der Waals surface area (Å²) in [4.78, 5) is 16.8. The Morgan fingerprint density at radius 1 is 1.11 bits per heavy atom. The van der Waals surface area contributed by atoms with Gasteiger partial charge in [0.1, 0.15) is 5.52 Å². The summed E-state index contributed by atoms with van der Waals surface area (Å²) in [5.41, 5.74) is 1.65. The van der Waals surface area contributed by atoms with E-state index in [0.29, 0.717) is 38.1 Å². The van der Waals surface area contributed by atoms with Crippen molar-refractivity contribution in [2.75, 3.05) is 18.7 Å². The molecule has 2 aromatic carbocycles. The molecule has 0 bridgehead atoms. The van der Waals surface area contributed by atoms with Crippen molar-refractivity contribution in [3.8, 4) is 17.2 Å². The van der Waals surface area contributed by atoms with E-state index in [1.807, 2.05) is 19.1 Å². The lowest BCUT2D eigenvalue weighted by Crippen LogP contribution is -2.20. The molecule has 1 aromatic heterocycles. The van der Waals surface area contributed by atoms with Crippen molar-refractivity contribution in [3.63, 3.8) is 0 Å². The molecule has 9 heteroatoms. The van der Waals surface area contributed by atoms with Crippen LogP contribution in [0.4, 0.5) is 5.69 Å². The molecule has 3 aromatic rings. The van der Waals surface area contributed by atoms with E-state index in [4.69, 9.17) is 49.0 Å². The van der Waals surface area contributed by atoms with E-state index in [2.05, 4.69) is 10.3 Å². The van der Waals surface area contributed by atoms with Gasteiger partial charge in [0.15, 0.2) is 23.9 Å². The number of benzene rings is 2. The van der Waals surface area contributed by atoms with Crippen molar-refractivity contribution < 1.29 is 19.0 Å². The Hall–Kier alpha value is -2.41. The zero-order valence-corrected chi connectivity index (χ0v) is 16.8. The lowest BCUT2D eigenvalue weighted by atomic mass is 10.2. The van der Waals surface area contributed by atoms with Crippen LogP contribution in [0.3, 0.4) is 0 Å². The summed E-state index contributed by atoms with van der Waals surface area (Å²) >= 11 is 18.7. The third-order valence-electron chi connectivity index (χ3n) is 4.06. The number of rotatable bonds is 4. The van der Waals surface area contributed by atoms with Crippen molar-refractivity contribution >= 4 is 57.3 Å². The first-order chi connectivity index (χ1) is 13.4. The first-order valence-electron chi connectivity index (χ1n) is 8.19. The molecule has 0 saturated heterocycles. The van der Waals surface area contributed by atoms with Crippen molar-refractivity contribution in [2.45, 2.75) is 6.92 Å². The maximum Gasteiger partial charge on any atom is 0.262 e. The van der Waals surface area contributed by atoms with E-state index in [0.717, 1.165) is 5.69 Å². The number of halogens is 3. The van der Waals surface area contributed by atoms with Gasteiger partial charge in [-0.3, -0.25) is 4.79 Å². The first-order valence-corrected chi connectivity index (χ1v) is 9.33. The van der Waals surface area contributed by atoms with Gasteiger partial charge in [0.05, 0.1) is 20.8 Å². The van der Waals surface area contributed by atoms with Crippen LogP contribution in [0.15, 0.2) is 30.3 Å². The highest BCUT2D eigenvalue weighted by molar-refractivity contribution is 6.39. The van der Waals surface area contributed by atoms with Gasteiger partial charge >= 0.3 is 0 Å². The van der Waals surface area contributed by atoms with Crippen LogP contribution in [-0.2, 0) is 4.79 Å². The summed E-state index contributed by atoms with van der Waals surface area (Å²) in [6, 6.07) is 8.40. The van der Waals surface area contributed by atoms with Gasteiger partial charge in [-0.1, -0.05) is 34.8 Å². The quantitative estimate of drug-likeness (QED) is 0.601. The molecule has 1 aliphatic rings. The zero-order valence-electron chi connectivity index (χ0n) is 14.5. The van der Waals surface area contributed by atoms with E-state index in [-0.39, 0.29) is 24.2 Å². The van der Waals surface area contributed by atoms with Crippen molar-refractivity contribution in [1.82, 2.24) is 4.98 Å². The Labute approximate surface area is 175 Å². The average molecular weight is 440 g/mol. The van der Waals surface area contributed by atoms with Crippen molar-refractivity contribution in [3.05, 3.63) is 51.1 Å². The van der Waals surface area contributed by atoms with Crippen LogP contribution in [0.25, 0.3) is 10.9 Å². The number of anilines is 1. The number of nitrogens with zero attached hydrogens (tertiary/aromatic N) is 1. The fourth-order valence-electron chi connectivity index (χ4n) is 2.76. The molecule has 6 nitrogen and oxygen atoms in total. The molecule has 0 radical (unpaired) electrons. The molecular formula is C19H13Cl3N2O4. The SMILES string of the molecule is Cc1ccc2c(Cl)cc(Cl)c(OCC(=O)Nc3cc4c(cc3Cl)OCO4)c2n1. The highest BCUT2D eigenvalue weighted by atomic mass is 35.5. The third-order valence-corrected chi connectivity index (χ3v) is 4.97. The number of amides is 1. The molecule has 4 rings (SSSR count). The molecule has 1 aliphatic heterocycles. The van der Waals surface area contributed by atoms with Crippen LogP contribution >= 0.6 is 34.8 Å². The summed E-state index contributed by atoms with van der Waals surface area (Å²) in [5, 5.41) is 4.41. The van der Waals surface area contributed by atoms with Crippen molar-refractivity contribution in [1.29, 1.82) is 0 Å². The van der Waals surface area contributed by atoms with Gasteiger partial charge < -0.3 is 19.5 Å². The van der Waals surface area contributed by atoms with Gasteiger partial charge in [0, 0.05) is 23.2 Å². The maximum atomic E-state index is 12.4. The number of pyridine rings is 1. The Bertz CT molecular complexity index is 1100. The molecule has 0 unspecified atom stereocenters. The fourth-order valence-corrected chi connectivity index (χ4v) is 3.54. The van der Waals surface area contributed by atoms with E-state index in [9.17, 15) is 4.79 Å². The van der Waals surface area contributed by atoms with Crippen molar-refractivity contribution in [2.24, 2.45) is 0 Å². The monoisotopic (exact) mass is 438 g/mol. The lowest BCUT2D eigenvalue weighted by Gasteiger charge is -2.13. The topological polar surface area (TPSA) is 69.7 Å². The van der Waals surface area contributed by atoms with E-state index in [1.54, 1.807) is 18.2 Å². The maximum absolute atomic E-state index is 12.4. The fraction of sp³-hybridized carbons (Fsp3) is 0.158. The second kappa shape index (κ2) is 7.54. The van der Waals surface area contributed by atoms with E-state index < -0.39 is 5.91 Å². The summed E-state index contributed by atoms with van der Waals surface area (Å²) in [6.45, 7) is 1.66. The highest BCUT2D eigenvalue weighted by Gasteiger charge is 2.19. The van der Waals surface area contributed by atoms with E-state index >= 15 is 0 Å². The molecule has 2 heterocycles. The van der Waals surface area contributed by atoms with Gasteiger partial charge in [0.25, 0.3) is 5.91 Å². The van der Waals surface area contributed by atoms with Crippen LogP contribution < -0.4 is 19.5 Å². The number of carbonyl (C=O) groups excluding carboxylic acids is 1. The molecule has 1 N–H and O–H groups in total. The van der Waals surface area contributed by atoms with Gasteiger partial charge in [0.2, 0.25) is 6.79 Å². The van der Waals surface area contributed by atoms with Gasteiger partial charge in [-0.05, 0) is 25.1 Å². The van der Waals surface area contributed by atoms with Gasteiger partial charge in [-0.2, -0.15) is 0 Å². The summed E-state index contributed by atoms with van der Waals surface area (Å²) < 4.78 is 16.2. The summed E-state index contributed by atoms with van der Waals surface area (Å²) in [7, 11) is 0. The normalized spacial score (nSPS) is 12.3. The summed E-state index contributed by atoms with van der Waals surface area (Å²) in [5.74, 6) is 0.899. The Kier molecular flexibility index (Phi) is 5.10. The smallest absolute Gasteiger partial charge is 0.262 e. The molecule has 0 spiro atoms. The Morgan fingerprint density at radius 2 is 1.86 bits per heavy atom. The summed E-state index contributed by atoms with van der Waals surface area (Å²) in [6.07, 6.45) is 0. The van der Waals surface area contributed by atoms with Crippen LogP contribution in [0.2, 0.25) is 15.1 Å². The molecule has 0 atom stereocenters. The number of aryl methyl sites for hydroxylation is 1. The molecule has 144 valence electrons. The second-order valence-electron chi connectivity index (χ2n) is 6.04. The first kappa shape index (κ1) is 18.9. The molecular weight excluding hydrogens is 427 g/mol. The number of hydrogen-bond donors (Lipinski definition) is 1. The minimum atomic E-state index is -0.424. The number of nitrogens with one attached hydrogen (secondary N) is 1. The van der Waals surface area contributed by atoms with Crippen LogP contribution in [0, 0.1) is 6.92 Å². The Morgan fingerprint density at radius 3 is 2.64 bits per heavy atom. The minimum absolute atomic E-state index is 0.112. The predicted molar refractivity (Wildman–Crippen MR) is 108 cm³/mol. The standard InChI is InChI=1S/C19H13Cl3N2O4/c1-9-2-3-10-11(20)4-13(22)19(18(10)23-9)26-7-17(25)24-14-6-16-15(5-12(14)21)27-8-28-16/h2-6H,7-8H2,1H3,(H,24,25). The number of carbonyl (C=O) groups is 1. The van der Waals surface area contributed by atoms with Crippen LogP contribution in [0.5, 0.6) is 17.2 Å². The molecule has 0 aliphatic carbocycles. The molecule has 28 heavy (non-hydrogen) atoms. The Balaban J connectivity index is 1.54. The number of hydrogen-bond acceptors (Lipinski definition) is 5. The minimum Gasteiger partial charge on any atom is -0.480 e. The van der Waals surface area contributed by atoms with Gasteiger partial charge in [-0.25, -0.2) is 4.98 Å². The second-order valence-corrected chi connectivity index (χ2v) is 7.26. The predicted octanol–water partition coefficient (Wildman–Crippen LogP) is 5.25. The van der Waals surface area contributed by atoms with Crippen LogP contribution in [-0.4, -0.2) is 24.3 Å². The molecule has 0 fully saturated rings. The number of ether oxygens (including phenoxy) is 3. The lowest BCUT2D eigenvalue weighted by molar-refractivity contribution is -0.118. The van der Waals surface area contributed by atoms with Gasteiger partial charge in [-0.15, -0.1) is 0 Å². The van der Waals surface area contributed by atoms with Crippen LogP contribution in [0.1, 0.15) is 5.69 Å². The number of fused-ring (bicyclic) bond motifs is 2. The zero-order chi connectivity index (χ0) is 19.8. The highest BCUT2D eigenvalue weighted by Crippen LogP contribution is 2.40.